The van der Waals surface area contributed by atoms with Gasteiger partial charge in [0.15, 0.2) is 0 Å². The molecular weight excluding hydrogens is 216 g/mol. The van der Waals surface area contributed by atoms with Gasteiger partial charge in [-0.2, -0.15) is 0 Å². The fourth-order valence-corrected chi connectivity index (χ4v) is 2.10. The molecule has 17 heavy (non-hydrogen) atoms. The quantitative estimate of drug-likeness (QED) is 0.705. The van der Waals surface area contributed by atoms with Crippen LogP contribution < -0.4 is 0 Å². The molecule has 0 bridgehead atoms. The molecule has 3 N–H and O–H groups in total. The van der Waals surface area contributed by atoms with E-state index in [9.17, 15) is 15.3 Å². The number of hydrogen-bond donors (Lipinski definition) is 3. The number of benzene rings is 2. The average molecular weight is 230 g/mol. The van der Waals surface area contributed by atoms with Crippen LogP contribution in [0.2, 0.25) is 0 Å². The Bertz CT molecular complexity index is 551. The molecule has 0 radical (unpaired) electrons. The van der Waals surface area contributed by atoms with Gasteiger partial charge in [-0.3, -0.25) is 0 Å². The van der Waals surface area contributed by atoms with E-state index in [4.69, 9.17) is 0 Å². The molecule has 0 aliphatic carbocycles. The standard InChI is InChI=1S/C14H14O3/c1-8-5-11(16)6-9(2)14(8)12-4-3-10(15)7-13(12)17/h3-7,15-17H,1-2H3. The first kappa shape index (κ1) is 11.3. The Hall–Kier alpha value is -2.16. The Balaban J connectivity index is 2.68. The molecule has 0 spiro atoms. The smallest absolute Gasteiger partial charge is 0.127 e. The fourth-order valence-electron chi connectivity index (χ4n) is 2.10. The van der Waals surface area contributed by atoms with Crippen molar-refractivity contribution in [3.63, 3.8) is 0 Å². The first-order valence-electron chi connectivity index (χ1n) is 5.31. The summed E-state index contributed by atoms with van der Waals surface area (Å²) in [5, 5.41) is 28.6. The third kappa shape index (κ3) is 2.04. The number of phenolic OH excluding ortho intramolecular Hbond substituents is 3. The highest BCUT2D eigenvalue weighted by Gasteiger charge is 2.11. The molecule has 0 aliphatic heterocycles. The molecule has 0 heterocycles. The third-order valence-electron chi connectivity index (χ3n) is 2.77. The van der Waals surface area contributed by atoms with E-state index < -0.39 is 0 Å². The highest BCUT2D eigenvalue weighted by atomic mass is 16.3. The van der Waals surface area contributed by atoms with Crippen LogP contribution in [-0.2, 0) is 0 Å². The van der Waals surface area contributed by atoms with Crippen LogP contribution >= 0.6 is 0 Å². The molecule has 3 nitrogen and oxygen atoms in total. The minimum atomic E-state index is 0.0281. The van der Waals surface area contributed by atoms with Crippen molar-refractivity contribution in [1.82, 2.24) is 0 Å². The first-order valence-corrected chi connectivity index (χ1v) is 5.31. The van der Waals surface area contributed by atoms with Crippen LogP contribution in [0, 0.1) is 13.8 Å². The normalized spacial score (nSPS) is 10.5. The topological polar surface area (TPSA) is 60.7 Å². The van der Waals surface area contributed by atoms with Crippen LogP contribution in [0.4, 0.5) is 0 Å². The summed E-state index contributed by atoms with van der Waals surface area (Å²) in [6.45, 7) is 3.74. The van der Waals surface area contributed by atoms with Crippen molar-refractivity contribution >= 4 is 0 Å². The second-order valence-corrected chi connectivity index (χ2v) is 4.16. The molecule has 0 fully saturated rings. The van der Waals surface area contributed by atoms with Crippen molar-refractivity contribution in [3.8, 4) is 28.4 Å². The number of aryl methyl sites for hydroxylation is 2. The zero-order chi connectivity index (χ0) is 12.6. The lowest BCUT2D eigenvalue weighted by atomic mass is 9.94. The van der Waals surface area contributed by atoms with Crippen LogP contribution in [0.5, 0.6) is 17.2 Å². The monoisotopic (exact) mass is 230 g/mol. The van der Waals surface area contributed by atoms with E-state index in [0.29, 0.717) is 5.56 Å². The summed E-state index contributed by atoms with van der Waals surface area (Å²) < 4.78 is 0. The van der Waals surface area contributed by atoms with Gasteiger partial charge in [0.05, 0.1) is 0 Å². The molecule has 0 saturated carbocycles. The molecule has 2 aromatic rings. The van der Waals surface area contributed by atoms with Crippen LogP contribution in [0.15, 0.2) is 30.3 Å². The Morgan fingerprint density at radius 1 is 0.765 bits per heavy atom. The van der Waals surface area contributed by atoms with Gasteiger partial charge in [0.1, 0.15) is 17.2 Å². The number of hydrogen-bond acceptors (Lipinski definition) is 3. The van der Waals surface area contributed by atoms with Crippen molar-refractivity contribution in [2.45, 2.75) is 13.8 Å². The summed E-state index contributed by atoms with van der Waals surface area (Å²) >= 11 is 0. The lowest BCUT2D eigenvalue weighted by Gasteiger charge is -2.12. The van der Waals surface area contributed by atoms with Crippen molar-refractivity contribution in [2.24, 2.45) is 0 Å². The molecule has 88 valence electrons. The summed E-state index contributed by atoms with van der Waals surface area (Å²) in [7, 11) is 0. The number of rotatable bonds is 1. The summed E-state index contributed by atoms with van der Waals surface area (Å²) in [5.74, 6) is 0.268. The van der Waals surface area contributed by atoms with Gasteiger partial charge < -0.3 is 15.3 Å². The first-order chi connectivity index (χ1) is 7.99. The summed E-state index contributed by atoms with van der Waals surface area (Å²) in [4.78, 5) is 0. The van der Waals surface area contributed by atoms with Crippen LogP contribution in [-0.4, -0.2) is 15.3 Å². The molecule has 0 aromatic heterocycles. The molecule has 0 saturated heterocycles. The maximum absolute atomic E-state index is 9.84. The van der Waals surface area contributed by atoms with Crippen molar-refractivity contribution in [3.05, 3.63) is 41.5 Å². The molecular formula is C14H14O3. The zero-order valence-electron chi connectivity index (χ0n) is 9.73. The van der Waals surface area contributed by atoms with Gasteiger partial charge >= 0.3 is 0 Å². The molecule has 0 aliphatic rings. The molecule has 0 atom stereocenters. The van der Waals surface area contributed by atoms with E-state index in [2.05, 4.69) is 0 Å². The lowest BCUT2D eigenvalue weighted by Crippen LogP contribution is -1.88. The van der Waals surface area contributed by atoms with Crippen molar-refractivity contribution in [2.75, 3.05) is 0 Å². The Kier molecular flexibility index (Phi) is 2.68. The SMILES string of the molecule is Cc1cc(O)cc(C)c1-c1ccc(O)cc1O. The van der Waals surface area contributed by atoms with E-state index in [1.807, 2.05) is 13.8 Å². The van der Waals surface area contributed by atoms with Gasteiger partial charge in [0, 0.05) is 11.6 Å². The van der Waals surface area contributed by atoms with E-state index >= 15 is 0 Å². The van der Waals surface area contributed by atoms with E-state index in [1.165, 1.54) is 12.1 Å². The Morgan fingerprint density at radius 2 is 1.35 bits per heavy atom. The third-order valence-corrected chi connectivity index (χ3v) is 2.77. The molecule has 2 aromatic carbocycles. The summed E-state index contributed by atoms with van der Waals surface area (Å²) in [6, 6.07) is 7.79. The second kappa shape index (κ2) is 4.01. The minimum absolute atomic E-state index is 0.0281. The second-order valence-electron chi connectivity index (χ2n) is 4.16. The predicted molar refractivity (Wildman–Crippen MR) is 66.3 cm³/mol. The van der Waals surface area contributed by atoms with Crippen LogP contribution in [0.3, 0.4) is 0 Å². The van der Waals surface area contributed by atoms with Gasteiger partial charge in [-0.15, -0.1) is 0 Å². The van der Waals surface area contributed by atoms with E-state index in [0.717, 1.165) is 16.7 Å². The predicted octanol–water partition coefficient (Wildman–Crippen LogP) is 3.09. The molecule has 0 unspecified atom stereocenters. The van der Waals surface area contributed by atoms with E-state index in [-0.39, 0.29) is 17.2 Å². The number of aromatic hydroxyl groups is 3. The zero-order valence-corrected chi connectivity index (χ0v) is 9.73. The highest BCUT2D eigenvalue weighted by Crippen LogP contribution is 2.37. The largest absolute Gasteiger partial charge is 0.508 e. The molecule has 3 heteroatoms. The Labute approximate surface area is 99.6 Å². The van der Waals surface area contributed by atoms with E-state index in [1.54, 1.807) is 18.2 Å². The maximum atomic E-state index is 9.84. The van der Waals surface area contributed by atoms with Gasteiger partial charge in [0.25, 0.3) is 0 Å². The lowest BCUT2D eigenvalue weighted by molar-refractivity contribution is 0.451. The average Bonchev–Trinajstić information content (AvgIpc) is 2.19. The number of phenols is 3. The molecule has 0 amide bonds. The minimum Gasteiger partial charge on any atom is -0.508 e. The maximum Gasteiger partial charge on any atom is 0.127 e. The van der Waals surface area contributed by atoms with Gasteiger partial charge in [-0.25, -0.2) is 0 Å². The van der Waals surface area contributed by atoms with Crippen molar-refractivity contribution < 1.29 is 15.3 Å². The van der Waals surface area contributed by atoms with Gasteiger partial charge in [0.2, 0.25) is 0 Å². The highest BCUT2D eigenvalue weighted by molar-refractivity contribution is 5.77. The Morgan fingerprint density at radius 3 is 1.88 bits per heavy atom. The van der Waals surface area contributed by atoms with Gasteiger partial charge in [-0.1, -0.05) is 0 Å². The molecule has 2 rings (SSSR count). The van der Waals surface area contributed by atoms with Crippen LogP contribution in [0.1, 0.15) is 11.1 Å². The summed E-state index contributed by atoms with van der Waals surface area (Å²) in [5.41, 5.74) is 3.28. The van der Waals surface area contributed by atoms with Gasteiger partial charge in [-0.05, 0) is 54.8 Å². The summed E-state index contributed by atoms with van der Waals surface area (Å²) in [6.07, 6.45) is 0. The van der Waals surface area contributed by atoms with Crippen molar-refractivity contribution in [1.29, 1.82) is 0 Å². The van der Waals surface area contributed by atoms with Crippen LogP contribution in [0.25, 0.3) is 11.1 Å². The fraction of sp³-hybridized carbons (Fsp3) is 0.143.